The van der Waals surface area contributed by atoms with Gasteiger partial charge in [-0.3, -0.25) is 14.3 Å². The van der Waals surface area contributed by atoms with Crippen LogP contribution in [0.25, 0.3) is 11.0 Å². The summed E-state index contributed by atoms with van der Waals surface area (Å²) in [7, 11) is 0. The zero-order chi connectivity index (χ0) is 16.1. The first-order valence-corrected chi connectivity index (χ1v) is 8.59. The molecule has 2 heterocycles. The maximum atomic E-state index is 12.3. The number of nitriles is 1. The van der Waals surface area contributed by atoms with Gasteiger partial charge in [-0.25, -0.2) is 14.8 Å². The predicted molar refractivity (Wildman–Crippen MR) is 85.6 cm³/mol. The van der Waals surface area contributed by atoms with Crippen molar-refractivity contribution < 1.29 is 0 Å². The van der Waals surface area contributed by atoms with Crippen molar-refractivity contribution in [2.24, 2.45) is 0 Å². The van der Waals surface area contributed by atoms with Gasteiger partial charge in [-0.2, -0.15) is 5.26 Å². The minimum absolute atomic E-state index is 0.107. The topological polar surface area (TPSA) is 104 Å². The van der Waals surface area contributed by atoms with E-state index in [1.54, 1.807) is 11.5 Å². The van der Waals surface area contributed by atoms with Crippen LogP contribution in [0.5, 0.6) is 0 Å². The lowest BCUT2D eigenvalue weighted by Crippen LogP contribution is -2.31. The second-order valence-corrected chi connectivity index (χ2v) is 7.44. The van der Waals surface area contributed by atoms with Gasteiger partial charge in [-0.1, -0.05) is 11.8 Å². The van der Waals surface area contributed by atoms with E-state index in [0.717, 1.165) is 25.7 Å². The van der Waals surface area contributed by atoms with Crippen molar-refractivity contribution >= 4 is 22.8 Å². The highest BCUT2D eigenvalue weighted by Crippen LogP contribution is 2.41. The van der Waals surface area contributed by atoms with Crippen LogP contribution in [-0.4, -0.2) is 24.8 Å². The lowest BCUT2D eigenvalue weighted by molar-refractivity contribution is 0.691. The zero-order valence-electron chi connectivity index (χ0n) is 12.6. The van der Waals surface area contributed by atoms with Gasteiger partial charge in [0.25, 0.3) is 5.56 Å². The minimum Gasteiger partial charge on any atom is -0.274 e. The van der Waals surface area contributed by atoms with E-state index in [1.807, 2.05) is 0 Å². The van der Waals surface area contributed by atoms with Crippen molar-refractivity contribution in [2.45, 2.75) is 54.8 Å². The van der Waals surface area contributed by atoms with Crippen molar-refractivity contribution in [3.63, 3.8) is 0 Å². The van der Waals surface area contributed by atoms with Crippen LogP contribution in [0.2, 0.25) is 0 Å². The quantitative estimate of drug-likeness (QED) is 0.676. The third-order valence-electron chi connectivity index (χ3n) is 4.09. The summed E-state index contributed by atoms with van der Waals surface area (Å²) < 4.78 is 1.59. The molecule has 1 atom stereocenters. The van der Waals surface area contributed by atoms with Gasteiger partial charge in [0.2, 0.25) is 0 Å². The molecule has 4 rings (SSSR count). The average molecular weight is 329 g/mol. The monoisotopic (exact) mass is 329 g/mol. The SMILES string of the molecule is CC(C#N)Sc1nc(C2CC2)nc2c1c(=O)[nH]c(=O)n2C1CC1. The van der Waals surface area contributed by atoms with Crippen molar-refractivity contribution in [3.8, 4) is 6.07 Å². The molecule has 2 fully saturated rings. The Morgan fingerprint density at radius 1 is 1.30 bits per heavy atom. The van der Waals surface area contributed by atoms with Gasteiger partial charge >= 0.3 is 5.69 Å². The molecule has 0 spiro atoms. The number of rotatable bonds is 4. The second-order valence-electron chi connectivity index (χ2n) is 6.11. The number of aromatic amines is 1. The summed E-state index contributed by atoms with van der Waals surface area (Å²) in [5.74, 6) is 0.989. The van der Waals surface area contributed by atoms with Crippen LogP contribution in [0.15, 0.2) is 14.6 Å². The Kier molecular flexibility index (Phi) is 3.27. The summed E-state index contributed by atoms with van der Waals surface area (Å²) >= 11 is 1.25. The number of thioether (sulfide) groups is 1. The van der Waals surface area contributed by atoms with Crippen LogP contribution < -0.4 is 11.2 Å². The largest absolute Gasteiger partial charge is 0.330 e. The van der Waals surface area contributed by atoms with Crippen LogP contribution in [0.1, 0.15) is 50.4 Å². The fourth-order valence-corrected chi connectivity index (χ4v) is 3.44. The fourth-order valence-electron chi connectivity index (χ4n) is 2.61. The molecule has 7 nitrogen and oxygen atoms in total. The molecule has 1 unspecified atom stereocenters. The number of hydrogen-bond acceptors (Lipinski definition) is 6. The molecule has 1 N–H and O–H groups in total. The Labute approximate surface area is 135 Å². The van der Waals surface area contributed by atoms with Gasteiger partial charge in [0, 0.05) is 12.0 Å². The zero-order valence-corrected chi connectivity index (χ0v) is 13.4. The predicted octanol–water partition coefficient (Wildman–Crippen LogP) is 1.70. The molecule has 2 aromatic heterocycles. The molecule has 23 heavy (non-hydrogen) atoms. The highest BCUT2D eigenvalue weighted by molar-refractivity contribution is 8.00. The van der Waals surface area contributed by atoms with Crippen LogP contribution >= 0.6 is 11.8 Å². The van der Waals surface area contributed by atoms with Crippen molar-refractivity contribution in [1.29, 1.82) is 5.26 Å². The van der Waals surface area contributed by atoms with Crippen LogP contribution in [-0.2, 0) is 0 Å². The Balaban J connectivity index is 2.03. The Hall–Kier alpha value is -2.14. The van der Waals surface area contributed by atoms with E-state index in [1.165, 1.54) is 11.8 Å². The lowest BCUT2D eigenvalue weighted by Gasteiger charge is -2.12. The average Bonchev–Trinajstić information content (AvgIpc) is 3.37. The summed E-state index contributed by atoms with van der Waals surface area (Å²) in [5, 5.41) is 9.57. The Morgan fingerprint density at radius 2 is 2.04 bits per heavy atom. The molecule has 2 aromatic rings. The smallest absolute Gasteiger partial charge is 0.274 e. The first-order valence-electron chi connectivity index (χ1n) is 7.71. The van der Waals surface area contributed by atoms with Crippen molar-refractivity contribution in [3.05, 3.63) is 26.7 Å². The number of aromatic nitrogens is 4. The van der Waals surface area contributed by atoms with E-state index in [9.17, 15) is 9.59 Å². The molecule has 0 radical (unpaired) electrons. The molecular weight excluding hydrogens is 314 g/mol. The third-order valence-corrected chi connectivity index (χ3v) is 5.07. The molecule has 0 aliphatic heterocycles. The number of fused-ring (bicyclic) bond motifs is 1. The van der Waals surface area contributed by atoms with E-state index < -0.39 is 11.2 Å². The summed E-state index contributed by atoms with van der Waals surface area (Å²) in [4.78, 5) is 36.0. The van der Waals surface area contributed by atoms with Crippen molar-refractivity contribution in [2.75, 3.05) is 0 Å². The summed E-state index contributed by atoms with van der Waals surface area (Å²) in [6, 6.07) is 2.25. The highest BCUT2D eigenvalue weighted by Gasteiger charge is 2.32. The van der Waals surface area contributed by atoms with Gasteiger partial charge in [0.1, 0.15) is 16.2 Å². The summed E-state index contributed by atoms with van der Waals surface area (Å²) in [6.07, 6.45) is 3.89. The number of nitrogens with one attached hydrogen (secondary N) is 1. The number of hydrogen-bond donors (Lipinski definition) is 1. The first-order chi connectivity index (χ1) is 11.1. The molecular formula is C15H15N5O2S. The van der Waals surface area contributed by atoms with E-state index in [-0.39, 0.29) is 11.3 Å². The minimum atomic E-state index is -0.475. The van der Waals surface area contributed by atoms with Gasteiger partial charge in [0.05, 0.1) is 11.3 Å². The molecule has 8 heteroatoms. The van der Waals surface area contributed by atoms with Crippen LogP contribution in [0.3, 0.4) is 0 Å². The normalized spacial score (nSPS) is 18.8. The molecule has 0 aromatic carbocycles. The first kappa shape index (κ1) is 14.5. The molecule has 0 bridgehead atoms. The van der Waals surface area contributed by atoms with E-state index in [4.69, 9.17) is 5.26 Å². The van der Waals surface area contributed by atoms with E-state index in [0.29, 0.717) is 27.8 Å². The third kappa shape index (κ3) is 2.55. The molecule has 2 aliphatic rings. The summed E-state index contributed by atoms with van der Waals surface area (Å²) in [6.45, 7) is 1.76. The maximum absolute atomic E-state index is 12.3. The fraction of sp³-hybridized carbons (Fsp3) is 0.533. The Morgan fingerprint density at radius 3 is 2.65 bits per heavy atom. The lowest BCUT2D eigenvalue weighted by atomic mass is 10.3. The van der Waals surface area contributed by atoms with E-state index >= 15 is 0 Å². The van der Waals surface area contributed by atoms with Crippen molar-refractivity contribution in [1.82, 2.24) is 19.5 Å². The van der Waals surface area contributed by atoms with Gasteiger partial charge in [-0.05, 0) is 32.6 Å². The van der Waals surface area contributed by atoms with Gasteiger partial charge < -0.3 is 0 Å². The molecule has 2 aliphatic carbocycles. The van der Waals surface area contributed by atoms with Crippen LogP contribution in [0.4, 0.5) is 0 Å². The maximum Gasteiger partial charge on any atom is 0.330 e. The summed E-state index contributed by atoms with van der Waals surface area (Å²) in [5.41, 5.74) is -0.461. The molecule has 0 saturated heterocycles. The van der Waals surface area contributed by atoms with Gasteiger partial charge in [-0.15, -0.1) is 0 Å². The molecule has 2 saturated carbocycles. The second kappa shape index (κ2) is 5.20. The van der Waals surface area contributed by atoms with Crippen LogP contribution in [0, 0.1) is 11.3 Å². The van der Waals surface area contributed by atoms with E-state index in [2.05, 4.69) is 21.0 Å². The highest BCUT2D eigenvalue weighted by atomic mass is 32.2. The molecule has 118 valence electrons. The molecule has 0 amide bonds. The Bertz CT molecular complexity index is 949. The standard InChI is InChI=1S/C15H15N5O2S/c1-7(6-16)23-14-10-12(17-11(18-14)8-2-3-8)20(9-4-5-9)15(22)19-13(10)21/h7-9H,2-5H2,1H3,(H,19,21,22). The number of nitrogens with zero attached hydrogens (tertiary/aromatic N) is 4. The number of H-pyrrole nitrogens is 1. The van der Waals surface area contributed by atoms with Gasteiger partial charge in [0.15, 0.2) is 5.65 Å².